The molecule has 3 N–H and O–H groups in total. The number of piperidine rings is 1. The minimum atomic E-state index is -5.04. The summed E-state index contributed by atoms with van der Waals surface area (Å²) >= 11 is 6.79. The van der Waals surface area contributed by atoms with Gasteiger partial charge in [0.1, 0.15) is 17.3 Å². The number of phenols is 2. The van der Waals surface area contributed by atoms with E-state index in [1.54, 1.807) is 6.07 Å². The van der Waals surface area contributed by atoms with Crippen LogP contribution in [0.5, 0.6) is 17.5 Å². The molecule has 6 aromatic rings. The number of benzene rings is 4. The van der Waals surface area contributed by atoms with Crippen LogP contribution in [0.4, 0.5) is 30.6 Å². The first-order valence-corrected chi connectivity index (χ1v) is 24.9. The van der Waals surface area contributed by atoms with Gasteiger partial charge in [-0.3, -0.25) is 9.69 Å². The number of hydrogen-bond donors (Lipinski definition) is 3. The molecule has 0 radical (unpaired) electrons. The average Bonchev–Trinajstić information content (AvgIpc) is 3.76. The summed E-state index contributed by atoms with van der Waals surface area (Å²) in [5.74, 6) is -0.124. The molecule has 1 amide bonds. The summed E-state index contributed by atoms with van der Waals surface area (Å²) in [7, 11) is 0. The third kappa shape index (κ3) is 9.87. The van der Waals surface area contributed by atoms with E-state index in [-0.39, 0.29) is 49.4 Å². The Bertz CT molecular complexity index is 3000. The van der Waals surface area contributed by atoms with Crippen LogP contribution in [0.25, 0.3) is 27.8 Å². The Labute approximate surface area is 420 Å². The van der Waals surface area contributed by atoms with Crippen LogP contribution in [-0.4, -0.2) is 145 Å². The first-order chi connectivity index (χ1) is 34.8. The number of amides is 1. The summed E-state index contributed by atoms with van der Waals surface area (Å²) in [6, 6.07) is 23.5. The van der Waals surface area contributed by atoms with Crippen molar-refractivity contribution < 1.29 is 33.3 Å². The third-order valence-corrected chi connectivity index (χ3v) is 15.1. The van der Waals surface area contributed by atoms with Crippen molar-refractivity contribution >= 4 is 45.7 Å². The van der Waals surface area contributed by atoms with Gasteiger partial charge in [0.05, 0.1) is 47.0 Å². The zero-order valence-corrected chi connectivity index (χ0v) is 40.7. The summed E-state index contributed by atoms with van der Waals surface area (Å²) in [6.45, 7) is 9.99. The highest BCUT2D eigenvalue weighted by atomic mass is 35.5. The molecule has 6 heterocycles. The van der Waals surface area contributed by atoms with Crippen LogP contribution in [0.15, 0.2) is 72.8 Å². The van der Waals surface area contributed by atoms with Crippen molar-refractivity contribution in [2.75, 3.05) is 86.7 Å². The number of anilines is 3. The predicted octanol–water partition coefficient (Wildman–Crippen LogP) is 7.30. The van der Waals surface area contributed by atoms with E-state index in [2.05, 4.69) is 35.9 Å². The van der Waals surface area contributed by atoms with E-state index in [0.717, 1.165) is 103 Å². The van der Waals surface area contributed by atoms with E-state index >= 15 is 0 Å². The third-order valence-electron chi connectivity index (χ3n) is 14.8. The Morgan fingerprint density at radius 1 is 0.833 bits per heavy atom. The number of halogens is 4. The lowest BCUT2D eigenvalue weighted by molar-refractivity contribution is -0.188. The number of nitrogens with zero attached hydrogens (tertiary/aromatic N) is 12. The highest BCUT2D eigenvalue weighted by Crippen LogP contribution is 2.40. The molecule has 0 bridgehead atoms. The van der Waals surface area contributed by atoms with Crippen molar-refractivity contribution in [2.24, 2.45) is 5.92 Å². The van der Waals surface area contributed by atoms with E-state index in [0.29, 0.717) is 65.5 Å². The molecule has 4 aliphatic rings. The first kappa shape index (κ1) is 48.7. The fourth-order valence-electron chi connectivity index (χ4n) is 10.9. The van der Waals surface area contributed by atoms with Gasteiger partial charge >= 0.3 is 18.1 Å². The number of rotatable bonds is 11. The zero-order valence-electron chi connectivity index (χ0n) is 39.9. The van der Waals surface area contributed by atoms with Gasteiger partial charge in [-0.15, -0.1) is 5.10 Å². The lowest BCUT2D eigenvalue weighted by Gasteiger charge is -2.43. The molecule has 16 nitrogen and oxygen atoms in total. The fraction of sp³-hybridized carbons (Fsp3) is 0.423. The minimum absolute atomic E-state index is 0.00917. The van der Waals surface area contributed by atoms with Gasteiger partial charge in [-0.1, -0.05) is 60.0 Å². The van der Waals surface area contributed by atoms with Gasteiger partial charge in [-0.25, -0.2) is 9.55 Å². The van der Waals surface area contributed by atoms with E-state index < -0.39 is 18.1 Å². The number of carbonyl (C=O) groups excluding carboxylic acids is 1. The van der Waals surface area contributed by atoms with Crippen molar-refractivity contribution in [3.8, 4) is 40.7 Å². The van der Waals surface area contributed by atoms with Gasteiger partial charge in [-0.05, 0) is 78.4 Å². The van der Waals surface area contributed by atoms with Crippen molar-refractivity contribution in [1.82, 2.24) is 39.4 Å². The molecular weight excluding hydrogens is 949 g/mol. The number of hydrogen-bond acceptors (Lipinski definition) is 14. The molecule has 10 rings (SSSR count). The number of carbonyl (C=O) groups is 1. The molecule has 3 saturated heterocycles. The maximum absolute atomic E-state index is 13.7. The van der Waals surface area contributed by atoms with Crippen LogP contribution in [0.2, 0.25) is 5.02 Å². The highest BCUT2D eigenvalue weighted by molar-refractivity contribution is 6.36. The number of aromatic hydroxyl groups is 3. The Hall–Kier alpha value is -6.88. The Morgan fingerprint density at radius 3 is 2.29 bits per heavy atom. The molecule has 0 spiro atoms. The lowest BCUT2D eigenvalue weighted by atomic mass is 9.96. The van der Waals surface area contributed by atoms with Gasteiger partial charge in [-0.2, -0.15) is 23.4 Å². The maximum Gasteiger partial charge on any atom is 0.471 e. The second-order valence-corrected chi connectivity index (χ2v) is 19.6. The molecule has 376 valence electrons. The van der Waals surface area contributed by atoms with Gasteiger partial charge in [0.2, 0.25) is 5.95 Å². The Morgan fingerprint density at radius 2 is 1.57 bits per heavy atom. The summed E-state index contributed by atoms with van der Waals surface area (Å²) in [5, 5.41) is 51.8. The molecule has 0 aliphatic carbocycles. The summed E-state index contributed by atoms with van der Waals surface area (Å²) in [6.07, 6.45) is -2.25. The van der Waals surface area contributed by atoms with Crippen LogP contribution in [-0.2, 0) is 30.7 Å². The van der Waals surface area contributed by atoms with E-state index in [4.69, 9.17) is 21.6 Å². The molecule has 2 aromatic heterocycles. The topological polar surface area (TPSA) is 177 Å². The molecular formula is C52H56ClF3N12O4. The number of alkyl halides is 3. The molecule has 20 heteroatoms. The Kier molecular flexibility index (Phi) is 13.8. The number of aryl methyl sites for hydroxylation is 1. The molecule has 4 aromatic carbocycles. The predicted molar refractivity (Wildman–Crippen MR) is 268 cm³/mol. The molecule has 72 heavy (non-hydrogen) atoms. The molecule has 1 unspecified atom stereocenters. The SMILES string of the molecule is CCc1cc(-c2nnc(O)n2-c2ccc(CN3CCN(CC4CCN(c5nc6c(c(N7CCN(C(=O)C(F)(F)F)C(CC#N)C7)n5)CCN(c5cccc7cccc(Cl)c57)C6)CC4)CC3)cc2)c(O)cc1O. The first-order valence-electron chi connectivity index (χ1n) is 24.6. The van der Waals surface area contributed by atoms with E-state index in [9.17, 15) is 38.5 Å². The van der Waals surface area contributed by atoms with Crippen LogP contribution in [0.1, 0.15) is 48.6 Å². The number of phenolic OH excluding ortho intramolecular Hbond substituents is 2. The molecule has 4 aliphatic heterocycles. The average molecular weight is 1010 g/mol. The van der Waals surface area contributed by atoms with Crippen LogP contribution >= 0.6 is 11.6 Å². The summed E-state index contributed by atoms with van der Waals surface area (Å²) in [5.41, 5.74) is 5.51. The van der Waals surface area contributed by atoms with E-state index in [1.807, 2.05) is 72.5 Å². The number of fused-ring (bicyclic) bond motifs is 2. The smallest absolute Gasteiger partial charge is 0.471 e. The van der Waals surface area contributed by atoms with Gasteiger partial charge in [0.25, 0.3) is 0 Å². The van der Waals surface area contributed by atoms with Crippen molar-refractivity contribution in [3.63, 3.8) is 0 Å². The normalized spacial score (nSPS) is 18.4. The number of nitriles is 1. The van der Waals surface area contributed by atoms with Crippen LogP contribution < -0.4 is 14.7 Å². The largest absolute Gasteiger partial charge is 0.508 e. The maximum atomic E-state index is 13.7. The second-order valence-electron chi connectivity index (χ2n) is 19.2. The van der Waals surface area contributed by atoms with Gasteiger partial charge < -0.3 is 39.8 Å². The van der Waals surface area contributed by atoms with Crippen molar-refractivity contribution in [1.29, 1.82) is 5.26 Å². The molecule has 1 atom stereocenters. The number of aromatic nitrogens is 5. The van der Waals surface area contributed by atoms with Crippen molar-refractivity contribution in [2.45, 2.75) is 64.3 Å². The summed E-state index contributed by atoms with van der Waals surface area (Å²) in [4.78, 5) is 35.1. The standard InChI is InChI=1S/C52H56ClF3N12O4/c1-2-35-27-40(45(70)28-44(35)69)48-60-61-51(72)68(48)37-11-9-33(10-12-37)29-62-21-23-63(24-22-62)30-34-14-18-64(19-15-34)50-58-42-32-65(43-8-4-6-36-5-3-7-41(53)46(36)43)20-16-39(42)47(59-50)66-25-26-67(38(31-66)13-17-57)49(71)52(54,55)56/h3-12,27-28,34,38,69-70H,2,13-16,18-26,29-32H2,1H3,(H,61,72). The molecule has 0 saturated carbocycles. The highest BCUT2D eigenvalue weighted by Gasteiger charge is 2.46. The monoisotopic (exact) mass is 1000 g/mol. The Balaban J connectivity index is 0.790. The fourth-order valence-corrected chi connectivity index (χ4v) is 11.2. The van der Waals surface area contributed by atoms with Crippen LogP contribution in [0, 0.1) is 17.2 Å². The van der Waals surface area contributed by atoms with Crippen molar-refractivity contribution in [3.05, 3.63) is 100 Å². The number of piperazine rings is 2. The second kappa shape index (κ2) is 20.3. The lowest BCUT2D eigenvalue weighted by Crippen LogP contribution is -2.58. The minimum Gasteiger partial charge on any atom is -0.508 e. The van der Waals surface area contributed by atoms with Gasteiger partial charge in [0.15, 0.2) is 5.82 Å². The zero-order chi connectivity index (χ0) is 50.3. The van der Waals surface area contributed by atoms with Crippen LogP contribution in [0.3, 0.4) is 0 Å². The summed E-state index contributed by atoms with van der Waals surface area (Å²) < 4.78 is 42.5. The van der Waals surface area contributed by atoms with E-state index in [1.165, 1.54) is 10.6 Å². The quantitative estimate of drug-likeness (QED) is 0.118. The molecule has 3 fully saturated rings. The van der Waals surface area contributed by atoms with Gasteiger partial charge in [0, 0.05) is 101 Å².